The molecule has 2 heteroatoms. The number of amides is 1. The Kier molecular flexibility index (Phi) is 3.94. The van der Waals surface area contributed by atoms with Crippen LogP contribution in [-0.4, -0.2) is 5.91 Å². The van der Waals surface area contributed by atoms with E-state index in [1.807, 2.05) is 12.1 Å². The van der Waals surface area contributed by atoms with Gasteiger partial charge in [-0.2, -0.15) is 0 Å². The lowest BCUT2D eigenvalue weighted by atomic mass is 9.72. The number of carbonyl (C=O) groups excluding carboxylic acids is 1. The van der Waals surface area contributed by atoms with Crippen molar-refractivity contribution in [1.82, 2.24) is 0 Å². The van der Waals surface area contributed by atoms with Gasteiger partial charge < -0.3 is 5.73 Å². The molecule has 2 aliphatic rings. The van der Waals surface area contributed by atoms with E-state index >= 15 is 0 Å². The highest BCUT2D eigenvalue weighted by Crippen LogP contribution is 2.48. The van der Waals surface area contributed by atoms with Crippen LogP contribution in [0.3, 0.4) is 0 Å². The van der Waals surface area contributed by atoms with Crippen molar-refractivity contribution in [2.75, 3.05) is 0 Å². The molecule has 2 nitrogen and oxygen atoms in total. The molecule has 0 saturated heterocycles. The standard InChI is InChI=1S/C26H23NO/c27-25(28)19-11-9-18(10-12-19)15-26(16-22-7-3-4-8-23(22)17-26)24-13-20-5-1-2-6-21(20)14-24/h1-13H,14-17H2,(H2,27,28). The van der Waals surface area contributed by atoms with E-state index in [4.69, 9.17) is 5.73 Å². The molecule has 138 valence electrons. The fraction of sp³-hybridized carbons (Fsp3) is 0.192. The van der Waals surface area contributed by atoms with Gasteiger partial charge in [-0.3, -0.25) is 4.79 Å². The summed E-state index contributed by atoms with van der Waals surface area (Å²) in [6, 6.07) is 25.4. The summed E-state index contributed by atoms with van der Waals surface area (Å²) in [7, 11) is 0. The first-order valence-electron chi connectivity index (χ1n) is 9.87. The van der Waals surface area contributed by atoms with Crippen LogP contribution in [-0.2, 0) is 25.7 Å². The van der Waals surface area contributed by atoms with Crippen molar-refractivity contribution in [3.63, 3.8) is 0 Å². The molecule has 0 saturated carbocycles. The maximum Gasteiger partial charge on any atom is 0.248 e. The maximum absolute atomic E-state index is 11.4. The van der Waals surface area contributed by atoms with Crippen molar-refractivity contribution in [3.8, 4) is 0 Å². The predicted molar refractivity (Wildman–Crippen MR) is 113 cm³/mol. The van der Waals surface area contributed by atoms with Crippen LogP contribution in [0, 0.1) is 5.41 Å². The number of allylic oxidation sites excluding steroid dienone is 1. The Bertz CT molecular complexity index is 1070. The van der Waals surface area contributed by atoms with Gasteiger partial charge in [0.05, 0.1) is 0 Å². The van der Waals surface area contributed by atoms with Crippen LogP contribution in [0.25, 0.3) is 6.08 Å². The summed E-state index contributed by atoms with van der Waals surface area (Å²) in [6.45, 7) is 0. The average Bonchev–Trinajstić information content (AvgIpc) is 3.30. The minimum absolute atomic E-state index is 0.0942. The number of hydrogen-bond acceptors (Lipinski definition) is 1. The molecule has 0 spiro atoms. The van der Waals surface area contributed by atoms with Gasteiger partial charge in [0, 0.05) is 11.0 Å². The Morgan fingerprint density at radius 2 is 1.43 bits per heavy atom. The SMILES string of the molecule is NC(=O)c1ccc(CC2(C3=Cc4ccccc4C3)Cc3ccccc3C2)cc1. The fourth-order valence-corrected chi connectivity index (χ4v) is 4.96. The highest BCUT2D eigenvalue weighted by Gasteiger charge is 2.41. The van der Waals surface area contributed by atoms with Gasteiger partial charge in [0.25, 0.3) is 0 Å². The van der Waals surface area contributed by atoms with E-state index in [2.05, 4.69) is 66.7 Å². The van der Waals surface area contributed by atoms with Crippen LogP contribution in [0.5, 0.6) is 0 Å². The van der Waals surface area contributed by atoms with Crippen molar-refractivity contribution in [1.29, 1.82) is 0 Å². The predicted octanol–water partition coefficient (Wildman–Crippen LogP) is 4.75. The Balaban J connectivity index is 1.53. The molecule has 3 aromatic rings. The van der Waals surface area contributed by atoms with E-state index < -0.39 is 0 Å². The largest absolute Gasteiger partial charge is 0.366 e. The van der Waals surface area contributed by atoms with Crippen LogP contribution >= 0.6 is 0 Å². The van der Waals surface area contributed by atoms with Gasteiger partial charge in [0.15, 0.2) is 0 Å². The summed E-state index contributed by atoms with van der Waals surface area (Å²) >= 11 is 0. The Labute approximate surface area is 165 Å². The van der Waals surface area contributed by atoms with Crippen molar-refractivity contribution < 1.29 is 4.79 Å². The van der Waals surface area contributed by atoms with E-state index in [0.29, 0.717) is 5.56 Å². The lowest BCUT2D eigenvalue weighted by Crippen LogP contribution is -2.27. The summed E-state index contributed by atoms with van der Waals surface area (Å²) < 4.78 is 0. The molecular formula is C26H23NO. The van der Waals surface area contributed by atoms with E-state index in [0.717, 1.165) is 25.7 Å². The van der Waals surface area contributed by atoms with Gasteiger partial charge in [0.1, 0.15) is 0 Å². The Hall–Kier alpha value is -3.13. The van der Waals surface area contributed by atoms with Crippen LogP contribution in [0.1, 0.15) is 38.2 Å². The molecule has 0 atom stereocenters. The molecule has 28 heavy (non-hydrogen) atoms. The number of nitrogens with two attached hydrogens (primary N) is 1. The minimum atomic E-state index is -0.372. The lowest BCUT2D eigenvalue weighted by Gasteiger charge is -2.31. The zero-order valence-electron chi connectivity index (χ0n) is 15.8. The van der Waals surface area contributed by atoms with Gasteiger partial charge in [-0.25, -0.2) is 0 Å². The normalized spacial score (nSPS) is 16.4. The molecule has 0 radical (unpaired) electrons. The number of primary amides is 1. The average molecular weight is 365 g/mol. The van der Waals surface area contributed by atoms with Crippen LogP contribution < -0.4 is 5.73 Å². The Morgan fingerprint density at radius 3 is 2.04 bits per heavy atom. The van der Waals surface area contributed by atoms with E-state index in [1.165, 1.54) is 33.4 Å². The number of benzene rings is 3. The molecule has 0 heterocycles. The number of rotatable bonds is 4. The van der Waals surface area contributed by atoms with Gasteiger partial charge in [0.2, 0.25) is 5.91 Å². The molecule has 1 amide bonds. The quantitative estimate of drug-likeness (QED) is 0.712. The third-order valence-electron chi connectivity index (χ3n) is 6.40. The lowest BCUT2D eigenvalue weighted by molar-refractivity contribution is 0.100. The number of hydrogen-bond donors (Lipinski definition) is 1. The molecule has 5 rings (SSSR count). The number of fused-ring (bicyclic) bond motifs is 2. The van der Waals surface area contributed by atoms with Crippen molar-refractivity contribution in [3.05, 3.63) is 112 Å². The molecule has 0 aromatic heterocycles. The second-order valence-corrected chi connectivity index (χ2v) is 8.19. The summed E-state index contributed by atoms with van der Waals surface area (Å²) in [5.41, 5.74) is 14.6. The van der Waals surface area contributed by atoms with Crippen molar-refractivity contribution in [2.24, 2.45) is 11.1 Å². The molecule has 3 aromatic carbocycles. The zero-order chi connectivity index (χ0) is 19.1. The van der Waals surface area contributed by atoms with Gasteiger partial charge in [-0.1, -0.05) is 72.3 Å². The number of carbonyl (C=O) groups is 1. The van der Waals surface area contributed by atoms with Gasteiger partial charge in [-0.05, 0) is 65.6 Å². The summed E-state index contributed by atoms with van der Waals surface area (Å²) in [5, 5.41) is 0. The highest BCUT2D eigenvalue weighted by atomic mass is 16.1. The second kappa shape index (κ2) is 6.49. The maximum atomic E-state index is 11.4. The van der Waals surface area contributed by atoms with E-state index in [-0.39, 0.29) is 11.3 Å². The first-order chi connectivity index (χ1) is 13.6. The fourth-order valence-electron chi connectivity index (χ4n) is 4.96. The second-order valence-electron chi connectivity index (χ2n) is 8.19. The molecule has 2 N–H and O–H groups in total. The third kappa shape index (κ3) is 2.86. The van der Waals surface area contributed by atoms with Crippen LogP contribution in [0.4, 0.5) is 0 Å². The van der Waals surface area contributed by atoms with Crippen molar-refractivity contribution in [2.45, 2.75) is 25.7 Å². The van der Waals surface area contributed by atoms with Crippen LogP contribution in [0.2, 0.25) is 0 Å². The first-order valence-corrected chi connectivity index (χ1v) is 9.87. The van der Waals surface area contributed by atoms with E-state index in [1.54, 1.807) is 0 Å². The third-order valence-corrected chi connectivity index (χ3v) is 6.40. The molecular weight excluding hydrogens is 342 g/mol. The monoisotopic (exact) mass is 365 g/mol. The summed E-state index contributed by atoms with van der Waals surface area (Å²) in [6.07, 6.45) is 6.56. The molecule has 0 unspecified atom stereocenters. The molecule has 2 aliphatic carbocycles. The van der Waals surface area contributed by atoms with Crippen LogP contribution in [0.15, 0.2) is 78.4 Å². The topological polar surface area (TPSA) is 43.1 Å². The first kappa shape index (κ1) is 17.0. The summed E-state index contributed by atoms with van der Waals surface area (Å²) in [5.74, 6) is -0.372. The van der Waals surface area contributed by atoms with Gasteiger partial charge >= 0.3 is 0 Å². The molecule has 0 aliphatic heterocycles. The zero-order valence-corrected chi connectivity index (χ0v) is 15.8. The highest BCUT2D eigenvalue weighted by molar-refractivity contribution is 5.92. The smallest absolute Gasteiger partial charge is 0.248 e. The minimum Gasteiger partial charge on any atom is -0.366 e. The summed E-state index contributed by atoms with van der Waals surface area (Å²) in [4.78, 5) is 11.4. The van der Waals surface area contributed by atoms with E-state index in [9.17, 15) is 4.79 Å². The van der Waals surface area contributed by atoms with Gasteiger partial charge in [-0.15, -0.1) is 0 Å². The van der Waals surface area contributed by atoms with Crippen molar-refractivity contribution >= 4 is 12.0 Å². The molecule has 0 fully saturated rings. The Morgan fingerprint density at radius 1 is 0.821 bits per heavy atom. The molecule has 0 bridgehead atoms.